The van der Waals surface area contributed by atoms with Gasteiger partial charge in [-0.3, -0.25) is 15.0 Å². The number of piperidine rings is 1. The molecule has 7 heteroatoms. The van der Waals surface area contributed by atoms with E-state index in [1.165, 1.54) is 0 Å². The van der Waals surface area contributed by atoms with E-state index < -0.39 is 0 Å². The predicted octanol–water partition coefficient (Wildman–Crippen LogP) is 1.91. The molecule has 1 aliphatic rings. The molecule has 2 aromatic rings. The number of hydrogen-bond acceptors (Lipinski definition) is 5. The van der Waals surface area contributed by atoms with Crippen LogP contribution in [0.3, 0.4) is 0 Å². The van der Waals surface area contributed by atoms with Crippen LogP contribution in [0.2, 0.25) is 0 Å². The number of aromatic nitrogens is 3. The quantitative estimate of drug-likeness (QED) is 0.901. The third kappa shape index (κ3) is 3.19. The maximum absolute atomic E-state index is 12.3. The highest BCUT2D eigenvalue weighted by atomic mass is 16.5. The summed E-state index contributed by atoms with van der Waals surface area (Å²) >= 11 is 0. The summed E-state index contributed by atoms with van der Waals surface area (Å²) in [6.45, 7) is 5.51. The normalized spacial score (nSPS) is 18.3. The van der Waals surface area contributed by atoms with Crippen molar-refractivity contribution in [3.63, 3.8) is 0 Å². The smallest absolute Gasteiger partial charge is 0.243 e. The fourth-order valence-electron chi connectivity index (χ4n) is 2.88. The average Bonchev–Trinajstić information content (AvgIpc) is 3.18. The predicted molar refractivity (Wildman–Crippen MR) is 81.5 cm³/mol. The zero-order valence-electron chi connectivity index (χ0n) is 12.9. The summed E-state index contributed by atoms with van der Waals surface area (Å²) in [7, 11) is 0. The number of aromatic amines is 1. The molecule has 3 rings (SSSR count). The second-order valence-electron chi connectivity index (χ2n) is 5.78. The first-order valence-electron chi connectivity index (χ1n) is 7.61. The number of nitrogens with zero attached hydrogens (tertiary/aromatic N) is 3. The molecule has 2 N–H and O–H groups in total. The van der Waals surface area contributed by atoms with Gasteiger partial charge in [0.1, 0.15) is 5.82 Å². The highest BCUT2D eigenvalue weighted by Gasteiger charge is 2.28. The Hall–Kier alpha value is -2.15. The molecule has 22 heavy (non-hydrogen) atoms. The summed E-state index contributed by atoms with van der Waals surface area (Å²) in [6.07, 6.45) is 5.66. The number of nitrogens with one attached hydrogen (secondary N) is 2. The molecule has 0 radical (unpaired) electrons. The van der Waals surface area contributed by atoms with E-state index >= 15 is 0 Å². The molecule has 0 aromatic carbocycles. The van der Waals surface area contributed by atoms with Crippen LogP contribution in [0, 0.1) is 6.92 Å². The van der Waals surface area contributed by atoms with Gasteiger partial charge in [-0.2, -0.15) is 0 Å². The van der Waals surface area contributed by atoms with Crippen LogP contribution in [0.4, 0.5) is 5.88 Å². The van der Waals surface area contributed by atoms with Gasteiger partial charge in [0, 0.05) is 24.4 Å². The van der Waals surface area contributed by atoms with Crippen molar-refractivity contribution in [2.24, 2.45) is 0 Å². The van der Waals surface area contributed by atoms with E-state index in [4.69, 9.17) is 4.52 Å². The van der Waals surface area contributed by atoms with Crippen LogP contribution in [0.5, 0.6) is 0 Å². The monoisotopic (exact) mass is 303 g/mol. The molecule has 1 saturated heterocycles. The number of hydrogen-bond donors (Lipinski definition) is 2. The maximum Gasteiger partial charge on any atom is 0.243 e. The molecule has 1 aliphatic heterocycles. The van der Waals surface area contributed by atoms with Crippen molar-refractivity contribution < 1.29 is 9.32 Å². The van der Waals surface area contributed by atoms with Gasteiger partial charge in [-0.25, -0.2) is 4.98 Å². The van der Waals surface area contributed by atoms with Crippen LogP contribution in [0.25, 0.3) is 0 Å². The fraction of sp³-hybridized carbons (Fsp3) is 0.533. The van der Waals surface area contributed by atoms with Crippen LogP contribution >= 0.6 is 0 Å². The Morgan fingerprint density at radius 2 is 2.27 bits per heavy atom. The van der Waals surface area contributed by atoms with Crippen LogP contribution in [0.1, 0.15) is 37.2 Å². The van der Waals surface area contributed by atoms with Crippen LogP contribution in [-0.4, -0.2) is 45.1 Å². The summed E-state index contributed by atoms with van der Waals surface area (Å²) in [5.41, 5.74) is 0.752. The lowest BCUT2D eigenvalue weighted by atomic mass is 9.95. The van der Waals surface area contributed by atoms with E-state index in [1.807, 2.05) is 20.0 Å². The Labute approximate surface area is 129 Å². The second kappa shape index (κ2) is 6.31. The molecule has 0 aliphatic carbocycles. The van der Waals surface area contributed by atoms with E-state index in [1.54, 1.807) is 12.3 Å². The van der Waals surface area contributed by atoms with Gasteiger partial charge >= 0.3 is 0 Å². The Morgan fingerprint density at radius 3 is 2.86 bits per heavy atom. The third-order valence-electron chi connectivity index (χ3n) is 4.24. The maximum atomic E-state index is 12.3. The Morgan fingerprint density at radius 1 is 1.50 bits per heavy atom. The molecule has 1 atom stereocenters. The number of likely N-dealkylation sites (tertiary alicyclic amines) is 1. The second-order valence-corrected chi connectivity index (χ2v) is 5.78. The topological polar surface area (TPSA) is 87.0 Å². The minimum absolute atomic E-state index is 0.0624. The number of anilines is 1. The van der Waals surface area contributed by atoms with Crippen molar-refractivity contribution >= 4 is 11.8 Å². The molecule has 7 nitrogen and oxygen atoms in total. The molecule has 118 valence electrons. The Bertz CT molecular complexity index is 614. The number of imidazole rings is 1. The van der Waals surface area contributed by atoms with Crippen LogP contribution in [0.15, 0.2) is 23.0 Å². The van der Waals surface area contributed by atoms with Crippen molar-refractivity contribution in [3.8, 4) is 0 Å². The lowest BCUT2D eigenvalue weighted by molar-refractivity contribution is -0.121. The summed E-state index contributed by atoms with van der Waals surface area (Å²) in [5.74, 6) is 1.85. The summed E-state index contributed by atoms with van der Waals surface area (Å²) in [6, 6.07) is 1.52. The molecular formula is C15H21N5O2. The van der Waals surface area contributed by atoms with E-state index in [2.05, 4.69) is 25.3 Å². The molecular weight excluding hydrogens is 282 g/mol. The Kier molecular flexibility index (Phi) is 4.24. The van der Waals surface area contributed by atoms with Gasteiger partial charge in [0.25, 0.3) is 0 Å². The highest BCUT2D eigenvalue weighted by molar-refractivity contribution is 5.93. The Balaban J connectivity index is 1.53. The van der Waals surface area contributed by atoms with Gasteiger partial charge in [0.2, 0.25) is 11.8 Å². The molecule has 0 saturated carbocycles. The minimum Gasteiger partial charge on any atom is -0.348 e. The highest BCUT2D eigenvalue weighted by Crippen LogP contribution is 2.26. The standard InChI is InChI=1S/C15H21N5O2/c1-10-9-13(22-19-10)18-15(21)11(2)20-7-3-12(4-8-20)14-16-5-6-17-14/h5-6,9,11-12H,3-4,7-8H2,1-2H3,(H,16,17)(H,18,21). The average molecular weight is 303 g/mol. The lowest BCUT2D eigenvalue weighted by Gasteiger charge is -2.34. The zero-order chi connectivity index (χ0) is 15.5. The molecule has 1 unspecified atom stereocenters. The molecule has 2 aromatic heterocycles. The molecule has 1 amide bonds. The van der Waals surface area contributed by atoms with E-state index in [-0.39, 0.29) is 11.9 Å². The number of carbonyl (C=O) groups is 1. The third-order valence-corrected chi connectivity index (χ3v) is 4.24. The molecule has 0 bridgehead atoms. The first kappa shape index (κ1) is 14.8. The van der Waals surface area contributed by atoms with E-state index in [0.29, 0.717) is 11.8 Å². The van der Waals surface area contributed by atoms with Gasteiger partial charge in [-0.05, 0) is 39.8 Å². The number of rotatable bonds is 4. The van der Waals surface area contributed by atoms with Crippen LogP contribution < -0.4 is 5.32 Å². The number of amides is 1. The van der Waals surface area contributed by atoms with Gasteiger partial charge in [0.05, 0.1) is 11.7 Å². The van der Waals surface area contributed by atoms with Crippen LogP contribution in [-0.2, 0) is 4.79 Å². The summed E-state index contributed by atoms with van der Waals surface area (Å²) < 4.78 is 5.03. The van der Waals surface area contributed by atoms with Gasteiger partial charge in [-0.1, -0.05) is 5.16 Å². The number of H-pyrrole nitrogens is 1. The van der Waals surface area contributed by atoms with E-state index in [9.17, 15) is 4.79 Å². The SMILES string of the molecule is Cc1cc(NC(=O)C(C)N2CCC(c3ncc[nH]3)CC2)on1. The van der Waals surface area contributed by atoms with Crippen molar-refractivity contribution in [2.75, 3.05) is 18.4 Å². The first-order valence-corrected chi connectivity index (χ1v) is 7.61. The van der Waals surface area contributed by atoms with E-state index in [0.717, 1.165) is 37.4 Å². The van der Waals surface area contributed by atoms with Crippen molar-refractivity contribution in [1.82, 2.24) is 20.0 Å². The first-order chi connectivity index (χ1) is 10.6. The van der Waals surface area contributed by atoms with Crippen molar-refractivity contribution in [1.29, 1.82) is 0 Å². The van der Waals surface area contributed by atoms with Crippen molar-refractivity contribution in [2.45, 2.75) is 38.6 Å². The number of aryl methyl sites for hydroxylation is 1. The summed E-state index contributed by atoms with van der Waals surface area (Å²) in [5, 5.41) is 6.54. The summed E-state index contributed by atoms with van der Waals surface area (Å²) in [4.78, 5) is 22.0. The lowest BCUT2D eigenvalue weighted by Crippen LogP contribution is -2.45. The van der Waals surface area contributed by atoms with Gasteiger partial charge in [-0.15, -0.1) is 0 Å². The molecule has 0 spiro atoms. The van der Waals surface area contributed by atoms with Crippen molar-refractivity contribution in [3.05, 3.63) is 30.0 Å². The van der Waals surface area contributed by atoms with Gasteiger partial charge in [0.15, 0.2) is 0 Å². The number of carbonyl (C=O) groups excluding carboxylic acids is 1. The zero-order valence-corrected chi connectivity index (χ0v) is 12.9. The minimum atomic E-state index is -0.192. The molecule has 3 heterocycles. The largest absolute Gasteiger partial charge is 0.348 e. The van der Waals surface area contributed by atoms with Gasteiger partial charge < -0.3 is 9.51 Å². The fourth-order valence-corrected chi connectivity index (χ4v) is 2.88. The molecule has 1 fully saturated rings.